The maximum atomic E-state index is 11.8. The molecule has 2 rings (SSSR count). The lowest BCUT2D eigenvalue weighted by Gasteiger charge is -2.06. The molecule has 1 heterocycles. The lowest BCUT2D eigenvalue weighted by atomic mass is 10.3. The minimum Gasteiger partial charge on any atom is -0.492 e. The molecule has 0 saturated heterocycles. The second-order valence-corrected chi connectivity index (χ2v) is 5.40. The number of hydrogen-bond donors (Lipinski definition) is 3. The van der Waals surface area contributed by atoms with Crippen LogP contribution in [0.25, 0.3) is 0 Å². The van der Waals surface area contributed by atoms with Gasteiger partial charge in [0.25, 0.3) is 5.91 Å². The highest BCUT2D eigenvalue weighted by atomic mass is 32.1. The molecule has 0 unspecified atom stereocenters. The number of anilines is 2. The lowest BCUT2D eigenvalue weighted by Crippen LogP contribution is -2.22. The van der Waals surface area contributed by atoms with Gasteiger partial charge in [0, 0.05) is 13.1 Å². The summed E-state index contributed by atoms with van der Waals surface area (Å²) < 4.78 is 5.58. The van der Waals surface area contributed by atoms with Crippen LogP contribution in [0.4, 0.5) is 10.7 Å². The number of nitrogen functional groups attached to an aromatic ring is 1. The van der Waals surface area contributed by atoms with Crippen molar-refractivity contribution in [3.8, 4) is 5.75 Å². The molecule has 0 aliphatic heterocycles. The molecule has 1 aromatic heterocycles. The summed E-state index contributed by atoms with van der Waals surface area (Å²) in [5.74, 6) is 0.710. The molecule has 0 atom stereocenters. The fourth-order valence-electron chi connectivity index (χ4n) is 1.77. The summed E-state index contributed by atoms with van der Waals surface area (Å²) in [6.07, 6.45) is 0. The number of carbonyl (C=O) groups excluding carboxylic acids is 1. The molecule has 0 saturated carbocycles. The van der Waals surface area contributed by atoms with Crippen LogP contribution in [0, 0.1) is 0 Å². The third-order valence-electron chi connectivity index (χ3n) is 2.72. The van der Waals surface area contributed by atoms with Gasteiger partial charge in [-0.25, -0.2) is 0 Å². The van der Waals surface area contributed by atoms with Crippen LogP contribution < -0.4 is 21.1 Å². The van der Waals surface area contributed by atoms with Gasteiger partial charge >= 0.3 is 0 Å². The number of ether oxygens (including phenoxy) is 1. The average molecular weight is 305 g/mol. The van der Waals surface area contributed by atoms with Crippen molar-refractivity contribution < 1.29 is 9.53 Å². The highest BCUT2D eigenvalue weighted by Gasteiger charge is 2.13. The molecule has 1 amide bonds. The minimum absolute atomic E-state index is 0.131. The summed E-state index contributed by atoms with van der Waals surface area (Å²) >= 11 is 1.35. The number of amides is 1. The van der Waals surface area contributed by atoms with Crippen LogP contribution in [0.15, 0.2) is 36.4 Å². The number of rotatable bonds is 7. The Kier molecular flexibility index (Phi) is 5.45. The Bertz CT molecular complexity index is 584. The number of carbonyl (C=O) groups is 1. The van der Waals surface area contributed by atoms with Crippen molar-refractivity contribution in [2.45, 2.75) is 6.92 Å². The fraction of sp³-hybridized carbons (Fsp3) is 0.267. The van der Waals surface area contributed by atoms with E-state index in [0.717, 1.165) is 10.8 Å². The summed E-state index contributed by atoms with van der Waals surface area (Å²) in [5.41, 5.74) is 6.34. The van der Waals surface area contributed by atoms with Crippen LogP contribution in [-0.2, 0) is 0 Å². The second kappa shape index (κ2) is 7.54. The molecular weight excluding hydrogens is 286 g/mol. The Morgan fingerprint density at radius 2 is 2.10 bits per heavy atom. The first-order valence-electron chi connectivity index (χ1n) is 6.80. The van der Waals surface area contributed by atoms with Crippen molar-refractivity contribution in [1.29, 1.82) is 0 Å². The Balaban J connectivity index is 1.81. The second-order valence-electron chi connectivity index (χ2n) is 4.34. The fourth-order valence-corrected chi connectivity index (χ4v) is 2.69. The lowest BCUT2D eigenvalue weighted by molar-refractivity contribution is 0.0960. The van der Waals surface area contributed by atoms with Gasteiger partial charge in [-0.05, 0) is 25.1 Å². The van der Waals surface area contributed by atoms with Gasteiger partial charge in [0.15, 0.2) is 0 Å². The zero-order valence-corrected chi connectivity index (χ0v) is 12.7. The van der Waals surface area contributed by atoms with E-state index in [9.17, 15) is 4.79 Å². The molecule has 4 N–H and O–H groups in total. The summed E-state index contributed by atoms with van der Waals surface area (Å²) in [5, 5.41) is 6.82. The van der Waals surface area contributed by atoms with E-state index in [0.29, 0.717) is 30.3 Å². The first-order valence-corrected chi connectivity index (χ1v) is 7.61. The Labute approximate surface area is 128 Å². The highest BCUT2D eigenvalue weighted by Crippen LogP contribution is 2.28. The van der Waals surface area contributed by atoms with E-state index in [4.69, 9.17) is 10.5 Å². The summed E-state index contributed by atoms with van der Waals surface area (Å²) in [6, 6.07) is 11.4. The molecule has 6 heteroatoms. The summed E-state index contributed by atoms with van der Waals surface area (Å²) in [6.45, 7) is 3.65. The van der Waals surface area contributed by atoms with E-state index < -0.39 is 0 Å². The molecule has 1 aromatic carbocycles. The predicted octanol–water partition coefficient (Wildman–Crippen LogP) is 2.57. The SMILES string of the molecule is CCNC(=O)c1sc(NCCOc2ccccc2)cc1N. The van der Waals surface area contributed by atoms with Gasteiger partial charge in [-0.2, -0.15) is 0 Å². The van der Waals surface area contributed by atoms with Crippen molar-refractivity contribution in [3.05, 3.63) is 41.3 Å². The van der Waals surface area contributed by atoms with Crippen LogP contribution in [-0.4, -0.2) is 25.6 Å². The predicted molar refractivity (Wildman–Crippen MR) is 87.2 cm³/mol. The molecule has 0 aliphatic carbocycles. The smallest absolute Gasteiger partial charge is 0.263 e. The number of para-hydroxylation sites is 1. The molecule has 112 valence electrons. The summed E-state index contributed by atoms with van der Waals surface area (Å²) in [7, 11) is 0. The maximum absolute atomic E-state index is 11.8. The van der Waals surface area contributed by atoms with Gasteiger partial charge in [0.1, 0.15) is 17.2 Å². The maximum Gasteiger partial charge on any atom is 0.263 e. The number of thiophene rings is 1. The van der Waals surface area contributed by atoms with Crippen LogP contribution >= 0.6 is 11.3 Å². The van der Waals surface area contributed by atoms with Crippen LogP contribution in [0.3, 0.4) is 0 Å². The normalized spacial score (nSPS) is 10.1. The molecule has 0 fully saturated rings. The van der Waals surface area contributed by atoms with Crippen LogP contribution in [0.1, 0.15) is 16.6 Å². The van der Waals surface area contributed by atoms with E-state index >= 15 is 0 Å². The third kappa shape index (κ3) is 4.39. The van der Waals surface area contributed by atoms with E-state index in [2.05, 4.69) is 10.6 Å². The van der Waals surface area contributed by atoms with Gasteiger partial charge in [0.05, 0.1) is 10.7 Å². The van der Waals surface area contributed by atoms with Crippen LogP contribution in [0.2, 0.25) is 0 Å². The minimum atomic E-state index is -0.131. The van der Waals surface area contributed by atoms with E-state index in [1.165, 1.54) is 11.3 Å². The van der Waals surface area contributed by atoms with Crippen molar-refractivity contribution in [1.82, 2.24) is 5.32 Å². The molecule has 0 bridgehead atoms. The van der Waals surface area contributed by atoms with Crippen molar-refractivity contribution >= 4 is 27.9 Å². The molecule has 21 heavy (non-hydrogen) atoms. The largest absolute Gasteiger partial charge is 0.492 e. The van der Waals surface area contributed by atoms with E-state index in [1.807, 2.05) is 37.3 Å². The van der Waals surface area contributed by atoms with Gasteiger partial charge in [-0.1, -0.05) is 18.2 Å². The monoisotopic (exact) mass is 305 g/mol. The van der Waals surface area contributed by atoms with Gasteiger partial charge < -0.3 is 21.1 Å². The summed E-state index contributed by atoms with van der Waals surface area (Å²) in [4.78, 5) is 12.3. The molecular formula is C15H19N3O2S. The van der Waals surface area contributed by atoms with Crippen molar-refractivity contribution in [3.63, 3.8) is 0 Å². The van der Waals surface area contributed by atoms with Gasteiger partial charge in [0.2, 0.25) is 0 Å². The Morgan fingerprint density at radius 1 is 1.33 bits per heavy atom. The number of nitrogens with two attached hydrogens (primary N) is 1. The number of nitrogens with one attached hydrogen (secondary N) is 2. The first kappa shape index (κ1) is 15.2. The molecule has 0 radical (unpaired) electrons. The van der Waals surface area contributed by atoms with Crippen LogP contribution in [0.5, 0.6) is 5.75 Å². The number of hydrogen-bond acceptors (Lipinski definition) is 5. The average Bonchev–Trinajstić information content (AvgIpc) is 2.86. The zero-order valence-electron chi connectivity index (χ0n) is 11.9. The Hall–Kier alpha value is -2.21. The molecule has 2 aromatic rings. The van der Waals surface area contributed by atoms with Gasteiger partial charge in [-0.15, -0.1) is 11.3 Å². The molecule has 5 nitrogen and oxygen atoms in total. The van der Waals surface area contributed by atoms with E-state index in [1.54, 1.807) is 6.07 Å². The van der Waals surface area contributed by atoms with Crippen molar-refractivity contribution in [2.24, 2.45) is 0 Å². The first-order chi connectivity index (χ1) is 10.2. The van der Waals surface area contributed by atoms with Crippen molar-refractivity contribution in [2.75, 3.05) is 30.7 Å². The number of benzene rings is 1. The third-order valence-corrected chi connectivity index (χ3v) is 3.82. The topological polar surface area (TPSA) is 76.4 Å². The zero-order chi connectivity index (χ0) is 15.1. The quantitative estimate of drug-likeness (QED) is 0.687. The molecule has 0 spiro atoms. The standard InChI is InChI=1S/C15H19N3O2S/c1-2-17-15(19)14-12(16)10-13(21-14)18-8-9-20-11-6-4-3-5-7-11/h3-7,10,18H,2,8-9,16H2,1H3,(H,17,19). The Morgan fingerprint density at radius 3 is 2.81 bits per heavy atom. The van der Waals surface area contributed by atoms with Gasteiger partial charge in [-0.3, -0.25) is 4.79 Å². The highest BCUT2D eigenvalue weighted by molar-refractivity contribution is 7.18. The molecule has 0 aliphatic rings. The van der Waals surface area contributed by atoms with E-state index in [-0.39, 0.29) is 5.91 Å².